The van der Waals surface area contributed by atoms with E-state index < -0.39 is 10.0 Å². The van der Waals surface area contributed by atoms with E-state index in [1.807, 2.05) is 13.0 Å². The van der Waals surface area contributed by atoms with Gasteiger partial charge in [-0.2, -0.15) is 4.31 Å². The van der Waals surface area contributed by atoms with Crippen LogP contribution in [0.4, 0.5) is 5.82 Å². The Morgan fingerprint density at radius 1 is 1.11 bits per heavy atom. The molecule has 1 aromatic carbocycles. The quantitative estimate of drug-likeness (QED) is 0.764. The molecule has 5 rings (SSSR count). The zero-order valence-electron chi connectivity index (χ0n) is 15.5. The normalized spacial score (nSPS) is 22.3. The minimum Gasteiger partial charge on any atom is -0.497 e. The number of aryl methyl sites for hydroxylation is 1. The average Bonchev–Trinajstić information content (AvgIpc) is 2.67. The molecular weight excluding hydrogens is 368 g/mol. The van der Waals surface area contributed by atoms with E-state index in [2.05, 4.69) is 14.9 Å². The van der Waals surface area contributed by atoms with Gasteiger partial charge in [0.25, 0.3) is 0 Å². The van der Waals surface area contributed by atoms with Crippen LogP contribution in [0.1, 0.15) is 12.2 Å². The van der Waals surface area contributed by atoms with E-state index in [1.165, 1.54) is 20.3 Å². The summed E-state index contributed by atoms with van der Waals surface area (Å²) in [6.07, 6.45) is 2.58. The molecule has 27 heavy (non-hydrogen) atoms. The first-order chi connectivity index (χ1) is 12.9. The van der Waals surface area contributed by atoms with Crippen molar-refractivity contribution in [3.63, 3.8) is 0 Å². The molecule has 2 bridgehead atoms. The second-order valence-corrected chi connectivity index (χ2v) is 8.57. The van der Waals surface area contributed by atoms with Crippen molar-refractivity contribution >= 4 is 15.8 Å². The van der Waals surface area contributed by atoms with Crippen LogP contribution >= 0.6 is 0 Å². The summed E-state index contributed by atoms with van der Waals surface area (Å²) in [6, 6.07) is 6.53. The Balaban J connectivity index is 1.61. The van der Waals surface area contributed by atoms with Crippen molar-refractivity contribution in [1.82, 2.24) is 14.3 Å². The standard InChI is InChI=1S/C18H22N4O4S/c1-12-19-7-6-18(20-12)21-10-13-8-14(11-21)22(13)27(23,24)17-9-15(25-2)4-5-16(17)26-3/h4-7,9,13-14H,8,10-11H2,1-3H3. The van der Waals surface area contributed by atoms with E-state index >= 15 is 0 Å². The molecule has 3 aliphatic rings. The lowest BCUT2D eigenvalue weighted by atomic mass is 9.91. The Kier molecular flexibility index (Phi) is 4.43. The third-order valence-corrected chi connectivity index (χ3v) is 7.16. The molecule has 3 saturated heterocycles. The fourth-order valence-corrected chi connectivity index (χ4v) is 5.86. The first-order valence-corrected chi connectivity index (χ1v) is 10.2. The Hall–Kier alpha value is -2.39. The van der Waals surface area contributed by atoms with E-state index in [-0.39, 0.29) is 17.0 Å². The largest absolute Gasteiger partial charge is 0.497 e. The lowest BCUT2D eigenvalue weighted by Gasteiger charge is -2.55. The molecule has 2 aromatic rings. The summed E-state index contributed by atoms with van der Waals surface area (Å²) < 4.78 is 38.7. The van der Waals surface area contributed by atoms with Gasteiger partial charge in [0.1, 0.15) is 28.0 Å². The molecule has 0 N–H and O–H groups in total. The van der Waals surface area contributed by atoms with E-state index in [1.54, 1.807) is 22.6 Å². The number of sulfonamides is 1. The molecule has 0 amide bonds. The van der Waals surface area contributed by atoms with Crippen molar-refractivity contribution in [3.05, 3.63) is 36.3 Å². The number of nitrogens with zero attached hydrogens (tertiary/aromatic N) is 4. The molecule has 0 radical (unpaired) electrons. The van der Waals surface area contributed by atoms with Gasteiger partial charge in [0, 0.05) is 37.4 Å². The summed E-state index contributed by atoms with van der Waals surface area (Å²) in [4.78, 5) is 10.9. The van der Waals surface area contributed by atoms with E-state index in [4.69, 9.17) is 9.47 Å². The lowest BCUT2D eigenvalue weighted by molar-refractivity contribution is 0.0872. The number of piperidine rings is 1. The van der Waals surface area contributed by atoms with Crippen molar-refractivity contribution in [2.45, 2.75) is 30.3 Å². The SMILES string of the molecule is COc1ccc(OC)c(S(=O)(=O)N2C3CC2CN(c2ccnc(C)n2)C3)c1. The summed E-state index contributed by atoms with van der Waals surface area (Å²) in [5.41, 5.74) is 0. The van der Waals surface area contributed by atoms with Crippen LogP contribution in [0, 0.1) is 6.92 Å². The van der Waals surface area contributed by atoms with Gasteiger partial charge >= 0.3 is 0 Å². The van der Waals surface area contributed by atoms with Crippen molar-refractivity contribution in [2.75, 3.05) is 32.2 Å². The number of piperazine rings is 1. The van der Waals surface area contributed by atoms with Crippen LogP contribution in [-0.2, 0) is 10.0 Å². The summed E-state index contributed by atoms with van der Waals surface area (Å²) in [5, 5.41) is 0. The maximum absolute atomic E-state index is 13.3. The average molecular weight is 390 g/mol. The number of anilines is 1. The molecule has 0 aliphatic carbocycles. The summed E-state index contributed by atoms with van der Waals surface area (Å²) in [6.45, 7) is 3.07. The summed E-state index contributed by atoms with van der Waals surface area (Å²) in [5.74, 6) is 2.35. The molecule has 2 atom stereocenters. The minimum atomic E-state index is -3.68. The number of hydrogen-bond acceptors (Lipinski definition) is 7. The van der Waals surface area contributed by atoms with E-state index in [0.29, 0.717) is 30.4 Å². The number of hydrogen-bond donors (Lipinski definition) is 0. The van der Waals surface area contributed by atoms with Crippen LogP contribution in [0.25, 0.3) is 0 Å². The Morgan fingerprint density at radius 3 is 2.48 bits per heavy atom. The Labute approximate surface area is 158 Å². The summed E-state index contributed by atoms with van der Waals surface area (Å²) in [7, 11) is -0.700. The number of ether oxygens (including phenoxy) is 2. The molecule has 1 aromatic heterocycles. The fraction of sp³-hybridized carbons (Fsp3) is 0.444. The van der Waals surface area contributed by atoms with Crippen LogP contribution in [0.5, 0.6) is 11.5 Å². The van der Waals surface area contributed by atoms with Crippen molar-refractivity contribution in [2.24, 2.45) is 0 Å². The minimum absolute atomic E-state index is 0.0834. The van der Waals surface area contributed by atoms with E-state index in [9.17, 15) is 8.42 Å². The predicted molar refractivity (Wildman–Crippen MR) is 99.7 cm³/mol. The zero-order chi connectivity index (χ0) is 19.2. The molecule has 2 unspecified atom stereocenters. The Bertz CT molecular complexity index is 954. The highest BCUT2D eigenvalue weighted by atomic mass is 32.2. The van der Waals surface area contributed by atoms with Gasteiger partial charge < -0.3 is 14.4 Å². The smallest absolute Gasteiger partial charge is 0.247 e. The first-order valence-electron chi connectivity index (χ1n) is 8.74. The topological polar surface area (TPSA) is 84.9 Å². The van der Waals surface area contributed by atoms with Gasteiger partial charge in [-0.05, 0) is 31.5 Å². The molecular formula is C18H22N4O4S. The van der Waals surface area contributed by atoms with Crippen molar-refractivity contribution in [3.8, 4) is 11.5 Å². The van der Waals surface area contributed by atoms with Gasteiger partial charge in [-0.15, -0.1) is 0 Å². The molecule has 144 valence electrons. The van der Waals surface area contributed by atoms with Crippen LogP contribution in [0.3, 0.4) is 0 Å². The summed E-state index contributed by atoms with van der Waals surface area (Å²) >= 11 is 0. The number of benzene rings is 1. The van der Waals surface area contributed by atoms with E-state index in [0.717, 1.165) is 12.2 Å². The zero-order valence-corrected chi connectivity index (χ0v) is 16.3. The second-order valence-electron chi connectivity index (χ2n) is 6.76. The molecule has 0 saturated carbocycles. The van der Waals surface area contributed by atoms with Crippen LogP contribution < -0.4 is 14.4 Å². The third kappa shape index (κ3) is 3.00. The maximum Gasteiger partial charge on any atom is 0.247 e. The van der Waals surface area contributed by atoms with Crippen LogP contribution in [0.15, 0.2) is 35.4 Å². The second kappa shape index (κ2) is 6.65. The molecule has 0 spiro atoms. The van der Waals surface area contributed by atoms with Crippen molar-refractivity contribution in [1.29, 1.82) is 0 Å². The van der Waals surface area contributed by atoms with Gasteiger partial charge in [0.2, 0.25) is 10.0 Å². The molecule has 4 heterocycles. The fourth-order valence-electron chi connectivity index (χ4n) is 3.87. The first kappa shape index (κ1) is 18.0. The van der Waals surface area contributed by atoms with Gasteiger partial charge in [-0.1, -0.05) is 0 Å². The Morgan fingerprint density at radius 2 is 1.85 bits per heavy atom. The predicted octanol–water partition coefficient (Wildman–Crippen LogP) is 1.45. The maximum atomic E-state index is 13.3. The van der Waals surface area contributed by atoms with Gasteiger partial charge in [0.05, 0.1) is 14.2 Å². The van der Waals surface area contributed by atoms with Crippen molar-refractivity contribution < 1.29 is 17.9 Å². The van der Waals surface area contributed by atoms with Gasteiger partial charge in [0.15, 0.2) is 0 Å². The third-order valence-electron chi connectivity index (χ3n) is 5.14. The van der Waals surface area contributed by atoms with Crippen LogP contribution in [-0.4, -0.2) is 62.1 Å². The highest BCUT2D eigenvalue weighted by Crippen LogP contribution is 2.41. The number of methoxy groups -OCH3 is 2. The monoisotopic (exact) mass is 390 g/mol. The number of fused-ring (bicyclic) bond motifs is 2. The number of aromatic nitrogens is 2. The number of rotatable bonds is 5. The molecule has 3 aliphatic heterocycles. The molecule has 3 fully saturated rings. The van der Waals surface area contributed by atoms with Gasteiger partial charge in [-0.3, -0.25) is 0 Å². The van der Waals surface area contributed by atoms with Crippen LogP contribution in [0.2, 0.25) is 0 Å². The highest BCUT2D eigenvalue weighted by molar-refractivity contribution is 7.89. The molecule has 8 nitrogen and oxygen atoms in total. The highest BCUT2D eigenvalue weighted by Gasteiger charge is 2.52. The lowest BCUT2D eigenvalue weighted by Crippen LogP contribution is -2.70. The molecule has 9 heteroatoms. The van der Waals surface area contributed by atoms with Gasteiger partial charge in [-0.25, -0.2) is 18.4 Å².